The van der Waals surface area contributed by atoms with Crippen LogP contribution in [0.3, 0.4) is 0 Å². The first-order valence-electron chi connectivity index (χ1n) is 12.3. The quantitative estimate of drug-likeness (QED) is 0.216. The summed E-state index contributed by atoms with van der Waals surface area (Å²) in [5.41, 5.74) is 0.743. The second-order valence-corrected chi connectivity index (χ2v) is 8.37. The molecule has 1 atom stereocenters. The standard InChI is InChI=1S/C24H43N3O7/c1-5-21(4)24(29)7-10-31-13-15-33-16-17-34-19-22-18-27(26-25-22)8-11-32-14-12-30-9-6-23(28)20(2)3/h18,20-21H,5-17,19H2,1-4H3. The Balaban J connectivity index is 1.92. The molecule has 1 aromatic heterocycles. The van der Waals surface area contributed by atoms with E-state index in [0.717, 1.165) is 12.1 Å². The van der Waals surface area contributed by atoms with Crippen molar-refractivity contribution in [1.29, 1.82) is 0 Å². The zero-order valence-electron chi connectivity index (χ0n) is 21.3. The maximum absolute atomic E-state index is 11.7. The fourth-order valence-electron chi connectivity index (χ4n) is 2.72. The minimum absolute atomic E-state index is 0.0556. The van der Waals surface area contributed by atoms with Gasteiger partial charge in [-0.1, -0.05) is 32.9 Å². The number of ketones is 2. The summed E-state index contributed by atoms with van der Waals surface area (Å²) in [5, 5.41) is 8.12. The van der Waals surface area contributed by atoms with Gasteiger partial charge in [-0.05, 0) is 6.42 Å². The van der Waals surface area contributed by atoms with E-state index in [1.807, 2.05) is 33.9 Å². The molecule has 0 fully saturated rings. The van der Waals surface area contributed by atoms with E-state index in [0.29, 0.717) is 85.5 Å². The molecule has 0 radical (unpaired) electrons. The molecule has 0 aliphatic heterocycles. The van der Waals surface area contributed by atoms with Gasteiger partial charge in [-0.25, -0.2) is 4.68 Å². The lowest BCUT2D eigenvalue weighted by Crippen LogP contribution is -2.14. The average Bonchev–Trinajstić information content (AvgIpc) is 3.28. The minimum Gasteiger partial charge on any atom is -0.379 e. The highest BCUT2D eigenvalue weighted by molar-refractivity contribution is 5.80. The molecule has 1 rings (SSSR count). The van der Waals surface area contributed by atoms with Gasteiger partial charge in [0.15, 0.2) is 0 Å². The van der Waals surface area contributed by atoms with Crippen molar-refractivity contribution >= 4 is 11.6 Å². The van der Waals surface area contributed by atoms with E-state index in [4.69, 9.17) is 23.7 Å². The van der Waals surface area contributed by atoms with Crippen molar-refractivity contribution in [3.8, 4) is 0 Å². The van der Waals surface area contributed by atoms with E-state index in [1.54, 1.807) is 4.68 Å². The Labute approximate surface area is 203 Å². The van der Waals surface area contributed by atoms with Gasteiger partial charge in [0.2, 0.25) is 0 Å². The van der Waals surface area contributed by atoms with Crippen molar-refractivity contribution < 1.29 is 33.3 Å². The van der Waals surface area contributed by atoms with Gasteiger partial charge >= 0.3 is 0 Å². The van der Waals surface area contributed by atoms with Crippen LogP contribution in [0.2, 0.25) is 0 Å². The van der Waals surface area contributed by atoms with E-state index < -0.39 is 0 Å². The Kier molecular flexibility index (Phi) is 17.4. The lowest BCUT2D eigenvalue weighted by molar-refractivity contribution is -0.124. The Bertz CT molecular complexity index is 667. The van der Waals surface area contributed by atoms with Gasteiger partial charge in [0.1, 0.15) is 17.3 Å². The van der Waals surface area contributed by atoms with E-state index in [9.17, 15) is 9.59 Å². The molecule has 0 bridgehead atoms. The monoisotopic (exact) mass is 485 g/mol. The third-order valence-electron chi connectivity index (χ3n) is 5.21. The van der Waals surface area contributed by atoms with E-state index >= 15 is 0 Å². The molecule has 0 aliphatic carbocycles. The normalized spacial score (nSPS) is 12.4. The molecule has 1 unspecified atom stereocenters. The fraction of sp³-hybridized carbons (Fsp3) is 0.833. The number of hydrogen-bond acceptors (Lipinski definition) is 9. The molecule has 0 saturated carbocycles. The zero-order valence-corrected chi connectivity index (χ0v) is 21.3. The third kappa shape index (κ3) is 15.2. The Hall–Kier alpha value is -1.72. The zero-order chi connectivity index (χ0) is 25.0. The van der Waals surface area contributed by atoms with Crippen molar-refractivity contribution in [1.82, 2.24) is 15.0 Å². The minimum atomic E-state index is 0.0556. The van der Waals surface area contributed by atoms with Crippen molar-refractivity contribution in [2.45, 2.75) is 60.1 Å². The highest BCUT2D eigenvalue weighted by Crippen LogP contribution is 2.05. The highest BCUT2D eigenvalue weighted by Gasteiger charge is 2.09. The second kappa shape index (κ2) is 19.6. The fourth-order valence-corrected chi connectivity index (χ4v) is 2.72. The van der Waals surface area contributed by atoms with Crippen LogP contribution in [0.5, 0.6) is 0 Å². The Morgan fingerprint density at radius 2 is 1.32 bits per heavy atom. The van der Waals surface area contributed by atoms with Gasteiger partial charge in [-0.3, -0.25) is 9.59 Å². The van der Waals surface area contributed by atoms with Crippen LogP contribution in [0, 0.1) is 11.8 Å². The lowest BCUT2D eigenvalue weighted by atomic mass is 10.0. The Morgan fingerprint density at radius 1 is 0.794 bits per heavy atom. The molecule has 10 nitrogen and oxygen atoms in total. The van der Waals surface area contributed by atoms with Crippen LogP contribution in [-0.2, 0) is 46.4 Å². The third-order valence-corrected chi connectivity index (χ3v) is 5.21. The van der Waals surface area contributed by atoms with Gasteiger partial charge in [-0.15, -0.1) is 5.10 Å². The van der Waals surface area contributed by atoms with Gasteiger partial charge < -0.3 is 23.7 Å². The molecule has 0 N–H and O–H groups in total. The van der Waals surface area contributed by atoms with Gasteiger partial charge in [0.25, 0.3) is 0 Å². The molecule has 1 aromatic rings. The molecule has 1 heterocycles. The molecule has 34 heavy (non-hydrogen) atoms. The molecular formula is C24H43N3O7. The van der Waals surface area contributed by atoms with Crippen LogP contribution in [0.15, 0.2) is 6.20 Å². The maximum atomic E-state index is 11.7. The summed E-state index contributed by atoms with van der Waals surface area (Å²) < 4.78 is 29.0. The van der Waals surface area contributed by atoms with Crippen LogP contribution in [0.25, 0.3) is 0 Å². The average molecular weight is 486 g/mol. The van der Waals surface area contributed by atoms with Crippen LogP contribution in [0.1, 0.15) is 52.7 Å². The summed E-state index contributed by atoms with van der Waals surface area (Å²) in [6.45, 7) is 12.9. The molecule has 196 valence electrons. The molecule has 0 aliphatic rings. The van der Waals surface area contributed by atoms with E-state index in [2.05, 4.69) is 10.3 Å². The van der Waals surface area contributed by atoms with Crippen molar-refractivity contribution in [3.05, 3.63) is 11.9 Å². The number of carbonyl (C=O) groups is 2. The first-order valence-corrected chi connectivity index (χ1v) is 12.3. The number of carbonyl (C=O) groups excluding carboxylic acids is 2. The van der Waals surface area contributed by atoms with Crippen LogP contribution in [-0.4, -0.2) is 86.0 Å². The number of nitrogens with zero attached hydrogens (tertiary/aromatic N) is 3. The van der Waals surface area contributed by atoms with Crippen molar-refractivity contribution in [3.63, 3.8) is 0 Å². The van der Waals surface area contributed by atoms with Gasteiger partial charge in [0.05, 0.1) is 78.8 Å². The van der Waals surface area contributed by atoms with Gasteiger partial charge in [-0.2, -0.15) is 0 Å². The van der Waals surface area contributed by atoms with Crippen LogP contribution < -0.4 is 0 Å². The van der Waals surface area contributed by atoms with Crippen LogP contribution >= 0.6 is 0 Å². The Morgan fingerprint density at radius 3 is 1.91 bits per heavy atom. The molecule has 10 heteroatoms. The first-order chi connectivity index (χ1) is 16.4. The summed E-state index contributed by atoms with van der Waals surface area (Å²) in [6.07, 6.45) is 3.60. The second-order valence-electron chi connectivity index (χ2n) is 8.37. The predicted octanol–water partition coefficient (Wildman–Crippen LogP) is 2.48. The highest BCUT2D eigenvalue weighted by atomic mass is 16.5. The maximum Gasteiger partial charge on any atom is 0.137 e. The van der Waals surface area contributed by atoms with E-state index in [1.165, 1.54) is 0 Å². The number of aromatic nitrogens is 3. The van der Waals surface area contributed by atoms with Crippen molar-refractivity contribution in [2.75, 3.05) is 59.5 Å². The number of rotatable bonds is 23. The SMILES string of the molecule is CCC(C)C(=O)CCOCCOCCOCc1cn(CCOCCOCCC(=O)C(C)C)nn1. The lowest BCUT2D eigenvalue weighted by Gasteiger charge is -2.08. The van der Waals surface area contributed by atoms with Gasteiger partial charge in [0, 0.05) is 24.7 Å². The van der Waals surface area contributed by atoms with Crippen LogP contribution in [0.4, 0.5) is 0 Å². The topological polar surface area (TPSA) is 111 Å². The summed E-state index contributed by atoms with van der Waals surface area (Å²) in [6, 6.07) is 0. The van der Waals surface area contributed by atoms with E-state index in [-0.39, 0.29) is 23.4 Å². The molecule has 0 amide bonds. The predicted molar refractivity (Wildman–Crippen MR) is 126 cm³/mol. The first kappa shape index (κ1) is 30.3. The number of ether oxygens (including phenoxy) is 5. The molecule has 0 aromatic carbocycles. The summed E-state index contributed by atoms with van der Waals surface area (Å²) in [5.74, 6) is 0.626. The smallest absolute Gasteiger partial charge is 0.137 e. The van der Waals surface area contributed by atoms with Crippen molar-refractivity contribution in [2.24, 2.45) is 11.8 Å². The number of Topliss-reactive ketones (excluding diaryl/α,β-unsaturated/α-hetero) is 2. The molecule has 0 saturated heterocycles. The summed E-state index contributed by atoms with van der Waals surface area (Å²) in [4.78, 5) is 23.2. The molecular weight excluding hydrogens is 442 g/mol. The summed E-state index contributed by atoms with van der Waals surface area (Å²) >= 11 is 0. The molecule has 0 spiro atoms. The number of hydrogen-bond donors (Lipinski definition) is 0. The summed E-state index contributed by atoms with van der Waals surface area (Å²) in [7, 11) is 0. The largest absolute Gasteiger partial charge is 0.379 e.